The molecule has 0 rings (SSSR count). The standard InChI is InChI=1S/C21H34O2/c1-3-4-5-6-7-8-9-10-11-12-13-14-15-16-17-18-19-21(20-22)23-2/h4-5,7-8,10-11,13-14,16-17,21-22H,3,6,9,12,15,18-20H2,1-2H3. The summed E-state index contributed by atoms with van der Waals surface area (Å²) in [6.45, 7) is 2.25. The molecule has 0 aliphatic heterocycles. The van der Waals surface area contributed by atoms with E-state index in [1.807, 2.05) is 0 Å². The summed E-state index contributed by atoms with van der Waals surface area (Å²) >= 11 is 0. The molecule has 0 aliphatic rings. The Morgan fingerprint density at radius 1 is 0.739 bits per heavy atom. The van der Waals surface area contributed by atoms with Crippen LogP contribution >= 0.6 is 0 Å². The fourth-order valence-electron chi connectivity index (χ4n) is 1.93. The van der Waals surface area contributed by atoms with Crippen molar-refractivity contribution in [2.75, 3.05) is 13.7 Å². The molecule has 0 bridgehead atoms. The third kappa shape index (κ3) is 16.8. The molecule has 130 valence electrons. The van der Waals surface area contributed by atoms with Crippen LogP contribution in [0.15, 0.2) is 60.8 Å². The summed E-state index contributed by atoms with van der Waals surface area (Å²) in [5.41, 5.74) is 0. The van der Waals surface area contributed by atoms with Crippen molar-refractivity contribution in [1.82, 2.24) is 0 Å². The highest BCUT2D eigenvalue weighted by atomic mass is 16.5. The van der Waals surface area contributed by atoms with Gasteiger partial charge in [-0.2, -0.15) is 0 Å². The molecule has 0 heterocycles. The van der Waals surface area contributed by atoms with Crippen molar-refractivity contribution in [2.45, 2.75) is 58.0 Å². The highest BCUT2D eigenvalue weighted by molar-refractivity contribution is 5.00. The molecule has 2 nitrogen and oxygen atoms in total. The van der Waals surface area contributed by atoms with Crippen molar-refractivity contribution < 1.29 is 9.84 Å². The van der Waals surface area contributed by atoms with E-state index in [-0.39, 0.29) is 12.7 Å². The van der Waals surface area contributed by atoms with Gasteiger partial charge in [0.1, 0.15) is 0 Å². The smallest absolute Gasteiger partial charge is 0.0804 e. The lowest BCUT2D eigenvalue weighted by atomic mass is 10.2. The van der Waals surface area contributed by atoms with Crippen molar-refractivity contribution in [3.63, 3.8) is 0 Å². The van der Waals surface area contributed by atoms with Gasteiger partial charge in [-0.1, -0.05) is 67.7 Å². The SMILES string of the molecule is CCC=CCC=CCC=CCC=CCC=CCCC(CO)OC. The minimum absolute atomic E-state index is 0.0305. The zero-order chi connectivity index (χ0) is 17.0. The van der Waals surface area contributed by atoms with Gasteiger partial charge in [0.25, 0.3) is 0 Å². The van der Waals surface area contributed by atoms with Gasteiger partial charge in [0.15, 0.2) is 0 Å². The summed E-state index contributed by atoms with van der Waals surface area (Å²) in [7, 11) is 1.64. The zero-order valence-electron chi connectivity index (χ0n) is 14.9. The first-order valence-electron chi connectivity index (χ1n) is 8.73. The summed E-state index contributed by atoms with van der Waals surface area (Å²) in [4.78, 5) is 0. The molecule has 0 aromatic heterocycles. The number of ether oxygens (including phenoxy) is 1. The van der Waals surface area contributed by atoms with E-state index < -0.39 is 0 Å². The zero-order valence-corrected chi connectivity index (χ0v) is 14.9. The number of aliphatic hydroxyl groups excluding tert-OH is 1. The predicted molar refractivity (Wildman–Crippen MR) is 102 cm³/mol. The van der Waals surface area contributed by atoms with E-state index in [1.54, 1.807) is 7.11 Å². The molecule has 0 aromatic carbocycles. The Kier molecular flexibility index (Phi) is 17.5. The van der Waals surface area contributed by atoms with Crippen LogP contribution in [0.5, 0.6) is 0 Å². The molecule has 0 fully saturated rings. The Morgan fingerprint density at radius 2 is 1.17 bits per heavy atom. The fraction of sp³-hybridized carbons (Fsp3) is 0.524. The molecular formula is C21H34O2. The molecule has 0 aliphatic carbocycles. The van der Waals surface area contributed by atoms with Gasteiger partial charge in [0.05, 0.1) is 12.7 Å². The second-order valence-corrected chi connectivity index (χ2v) is 5.33. The fourth-order valence-corrected chi connectivity index (χ4v) is 1.93. The first-order valence-corrected chi connectivity index (χ1v) is 8.73. The molecule has 0 amide bonds. The topological polar surface area (TPSA) is 29.5 Å². The minimum Gasteiger partial charge on any atom is -0.394 e. The average Bonchev–Trinajstić information content (AvgIpc) is 2.58. The molecule has 1 atom stereocenters. The van der Waals surface area contributed by atoms with E-state index >= 15 is 0 Å². The highest BCUT2D eigenvalue weighted by Gasteiger charge is 2.01. The van der Waals surface area contributed by atoms with E-state index in [9.17, 15) is 0 Å². The van der Waals surface area contributed by atoms with Gasteiger partial charge in [-0.05, 0) is 44.9 Å². The lowest BCUT2D eigenvalue weighted by Gasteiger charge is -2.09. The maximum atomic E-state index is 8.98. The van der Waals surface area contributed by atoms with Crippen LogP contribution in [-0.4, -0.2) is 24.9 Å². The quantitative estimate of drug-likeness (QED) is 0.427. The lowest BCUT2D eigenvalue weighted by Crippen LogP contribution is -2.14. The molecule has 1 N–H and O–H groups in total. The maximum Gasteiger partial charge on any atom is 0.0804 e. The molecule has 0 saturated carbocycles. The van der Waals surface area contributed by atoms with Crippen LogP contribution < -0.4 is 0 Å². The first kappa shape index (κ1) is 21.6. The van der Waals surface area contributed by atoms with Crippen molar-refractivity contribution in [3.05, 3.63) is 60.8 Å². The lowest BCUT2D eigenvalue weighted by molar-refractivity contribution is 0.0440. The molecule has 1 unspecified atom stereocenters. The first-order chi connectivity index (χ1) is 11.3. The summed E-state index contributed by atoms with van der Waals surface area (Å²) < 4.78 is 5.11. The molecular weight excluding hydrogens is 284 g/mol. The van der Waals surface area contributed by atoms with Crippen LogP contribution in [0.2, 0.25) is 0 Å². The van der Waals surface area contributed by atoms with Crippen LogP contribution in [-0.2, 0) is 4.74 Å². The van der Waals surface area contributed by atoms with Gasteiger partial charge in [-0.3, -0.25) is 0 Å². The van der Waals surface area contributed by atoms with Gasteiger partial charge in [-0.15, -0.1) is 0 Å². The summed E-state index contributed by atoms with van der Waals surface area (Å²) in [6, 6.07) is 0. The molecule has 0 saturated heterocycles. The van der Waals surface area contributed by atoms with Crippen molar-refractivity contribution in [2.24, 2.45) is 0 Å². The summed E-state index contributed by atoms with van der Waals surface area (Å²) in [6.07, 6.45) is 28.9. The Hall–Kier alpha value is -1.38. The van der Waals surface area contributed by atoms with Crippen molar-refractivity contribution >= 4 is 0 Å². The largest absolute Gasteiger partial charge is 0.394 e. The number of methoxy groups -OCH3 is 1. The van der Waals surface area contributed by atoms with E-state index in [2.05, 4.69) is 67.7 Å². The monoisotopic (exact) mass is 318 g/mol. The van der Waals surface area contributed by atoms with Gasteiger partial charge in [0, 0.05) is 7.11 Å². The Balaban J connectivity index is 3.52. The molecule has 0 spiro atoms. The average molecular weight is 319 g/mol. The van der Waals surface area contributed by atoms with Gasteiger partial charge in [-0.25, -0.2) is 0 Å². The Labute approximate surface area is 142 Å². The van der Waals surface area contributed by atoms with E-state index in [4.69, 9.17) is 9.84 Å². The maximum absolute atomic E-state index is 8.98. The number of hydrogen-bond donors (Lipinski definition) is 1. The third-order valence-electron chi connectivity index (χ3n) is 3.35. The van der Waals surface area contributed by atoms with E-state index in [1.165, 1.54) is 0 Å². The van der Waals surface area contributed by atoms with Crippen LogP contribution in [0.4, 0.5) is 0 Å². The van der Waals surface area contributed by atoms with Gasteiger partial charge in [0.2, 0.25) is 0 Å². The summed E-state index contributed by atoms with van der Waals surface area (Å²) in [5, 5.41) is 8.98. The second kappa shape index (κ2) is 18.7. The second-order valence-electron chi connectivity index (χ2n) is 5.33. The number of rotatable bonds is 14. The predicted octanol–water partition coefficient (Wildman–Crippen LogP) is 5.53. The van der Waals surface area contributed by atoms with Crippen molar-refractivity contribution in [3.8, 4) is 0 Å². The number of hydrogen-bond acceptors (Lipinski definition) is 2. The molecule has 23 heavy (non-hydrogen) atoms. The number of allylic oxidation sites excluding steroid dienone is 10. The molecule has 0 aromatic rings. The molecule has 2 heteroatoms. The number of aliphatic hydroxyl groups is 1. The normalized spacial score (nSPS) is 14.4. The van der Waals surface area contributed by atoms with Crippen LogP contribution in [0.25, 0.3) is 0 Å². The van der Waals surface area contributed by atoms with Crippen LogP contribution in [0.1, 0.15) is 51.9 Å². The Morgan fingerprint density at radius 3 is 1.57 bits per heavy atom. The third-order valence-corrected chi connectivity index (χ3v) is 3.35. The molecule has 0 radical (unpaired) electrons. The van der Waals surface area contributed by atoms with Crippen LogP contribution in [0, 0.1) is 0 Å². The van der Waals surface area contributed by atoms with Crippen molar-refractivity contribution in [1.29, 1.82) is 0 Å². The van der Waals surface area contributed by atoms with Gasteiger partial charge < -0.3 is 9.84 Å². The van der Waals surface area contributed by atoms with Gasteiger partial charge >= 0.3 is 0 Å². The highest BCUT2D eigenvalue weighted by Crippen LogP contribution is 2.02. The van der Waals surface area contributed by atoms with E-state index in [0.29, 0.717) is 0 Å². The Bertz CT molecular complexity index is 371. The summed E-state index contributed by atoms with van der Waals surface area (Å²) in [5.74, 6) is 0. The minimum atomic E-state index is -0.0305. The van der Waals surface area contributed by atoms with Crippen LogP contribution in [0.3, 0.4) is 0 Å². The van der Waals surface area contributed by atoms with E-state index in [0.717, 1.165) is 44.9 Å².